The third kappa shape index (κ3) is 2.61. The van der Waals surface area contributed by atoms with Crippen LogP contribution in [0.4, 0.5) is 0 Å². The maximum Gasteiger partial charge on any atom is 0.0946 e. The van der Waals surface area contributed by atoms with Gasteiger partial charge in [-0.25, -0.2) is 4.98 Å². The van der Waals surface area contributed by atoms with Crippen molar-refractivity contribution in [3.63, 3.8) is 0 Å². The normalized spacial score (nSPS) is 22.5. The molecule has 2 N–H and O–H groups in total. The molecule has 90 valence electrons. The Morgan fingerprint density at radius 3 is 3.19 bits per heavy atom. The van der Waals surface area contributed by atoms with Crippen molar-refractivity contribution >= 4 is 0 Å². The molecule has 1 fully saturated rings. The van der Waals surface area contributed by atoms with E-state index in [0.717, 1.165) is 31.7 Å². The number of hydrogen-bond donors (Lipinski definition) is 2. The van der Waals surface area contributed by atoms with Gasteiger partial charge in [0.05, 0.1) is 30.8 Å². The molecule has 1 aromatic rings. The third-order valence-electron chi connectivity index (χ3n) is 3.01. The summed E-state index contributed by atoms with van der Waals surface area (Å²) in [6, 6.07) is -0.0586. The molecule has 2 atom stereocenters. The van der Waals surface area contributed by atoms with E-state index in [2.05, 4.69) is 10.3 Å². The molecule has 1 saturated heterocycles. The van der Waals surface area contributed by atoms with Gasteiger partial charge in [0.15, 0.2) is 0 Å². The molecule has 2 unspecified atom stereocenters. The number of aryl methyl sites for hydroxylation is 1. The van der Waals surface area contributed by atoms with E-state index < -0.39 is 0 Å². The van der Waals surface area contributed by atoms with Gasteiger partial charge in [-0.3, -0.25) is 0 Å². The second-order valence-corrected chi connectivity index (χ2v) is 4.21. The van der Waals surface area contributed by atoms with Gasteiger partial charge in [-0.1, -0.05) is 0 Å². The van der Waals surface area contributed by atoms with E-state index in [1.165, 1.54) is 0 Å². The van der Waals surface area contributed by atoms with Crippen molar-refractivity contribution in [1.82, 2.24) is 14.9 Å². The van der Waals surface area contributed by atoms with Crippen molar-refractivity contribution in [2.45, 2.75) is 25.0 Å². The summed E-state index contributed by atoms with van der Waals surface area (Å²) in [4.78, 5) is 4.05. The van der Waals surface area contributed by atoms with E-state index in [9.17, 15) is 5.11 Å². The van der Waals surface area contributed by atoms with Gasteiger partial charge < -0.3 is 19.7 Å². The lowest BCUT2D eigenvalue weighted by Crippen LogP contribution is -2.32. The van der Waals surface area contributed by atoms with Crippen LogP contribution in [0.15, 0.2) is 12.5 Å². The molecule has 0 spiro atoms. The summed E-state index contributed by atoms with van der Waals surface area (Å²) in [7, 11) is 1.93. The smallest absolute Gasteiger partial charge is 0.0946 e. The van der Waals surface area contributed by atoms with Crippen LogP contribution >= 0.6 is 0 Å². The molecule has 0 amide bonds. The number of aliphatic hydroxyl groups excluding tert-OH is 1. The first-order valence-corrected chi connectivity index (χ1v) is 5.73. The Morgan fingerprint density at radius 1 is 1.75 bits per heavy atom. The minimum absolute atomic E-state index is 0.0586. The van der Waals surface area contributed by atoms with Crippen molar-refractivity contribution < 1.29 is 9.84 Å². The highest BCUT2D eigenvalue weighted by Crippen LogP contribution is 2.14. The molecule has 0 radical (unpaired) electrons. The van der Waals surface area contributed by atoms with Crippen LogP contribution in [0.1, 0.15) is 24.6 Å². The Hall–Kier alpha value is -0.910. The van der Waals surface area contributed by atoms with E-state index in [-0.39, 0.29) is 12.6 Å². The molecule has 1 aliphatic heterocycles. The summed E-state index contributed by atoms with van der Waals surface area (Å²) in [6.07, 6.45) is 6.07. The van der Waals surface area contributed by atoms with Crippen LogP contribution < -0.4 is 5.32 Å². The van der Waals surface area contributed by atoms with Crippen LogP contribution in [-0.2, 0) is 11.8 Å². The molecule has 0 bridgehead atoms. The fourth-order valence-electron chi connectivity index (χ4n) is 2.04. The number of aromatic nitrogens is 2. The molecular formula is C11H19N3O2. The monoisotopic (exact) mass is 225 g/mol. The van der Waals surface area contributed by atoms with Gasteiger partial charge in [-0.05, 0) is 12.8 Å². The molecule has 5 heteroatoms. The van der Waals surface area contributed by atoms with Crippen LogP contribution in [0.5, 0.6) is 0 Å². The minimum Gasteiger partial charge on any atom is -0.394 e. The van der Waals surface area contributed by atoms with Crippen molar-refractivity contribution in [2.24, 2.45) is 7.05 Å². The highest BCUT2D eigenvalue weighted by atomic mass is 16.5. The molecule has 1 aromatic heterocycles. The maximum atomic E-state index is 9.35. The fourth-order valence-corrected chi connectivity index (χ4v) is 2.04. The molecule has 2 rings (SSSR count). The molecule has 0 saturated carbocycles. The zero-order valence-electron chi connectivity index (χ0n) is 9.59. The number of nitrogens with one attached hydrogen (secondary N) is 1. The predicted molar refractivity (Wildman–Crippen MR) is 60.0 cm³/mol. The number of ether oxygens (including phenoxy) is 1. The highest BCUT2D eigenvalue weighted by Gasteiger charge is 2.19. The minimum atomic E-state index is -0.0586. The van der Waals surface area contributed by atoms with Gasteiger partial charge in [-0.15, -0.1) is 0 Å². The highest BCUT2D eigenvalue weighted by molar-refractivity contribution is 5.04. The second-order valence-electron chi connectivity index (χ2n) is 4.21. The zero-order chi connectivity index (χ0) is 11.4. The largest absolute Gasteiger partial charge is 0.394 e. The molecular weight excluding hydrogens is 206 g/mol. The molecule has 0 aliphatic carbocycles. The average Bonchev–Trinajstić information content (AvgIpc) is 2.92. The number of rotatable bonds is 5. The van der Waals surface area contributed by atoms with Gasteiger partial charge in [-0.2, -0.15) is 0 Å². The van der Waals surface area contributed by atoms with Crippen LogP contribution in [0, 0.1) is 0 Å². The standard InChI is InChI=1S/C11H19N3O2/c1-14-8-12-6-11(14)10(7-15)13-5-9-3-2-4-16-9/h6,8-10,13,15H,2-5,7H2,1H3. The van der Waals surface area contributed by atoms with E-state index in [0.29, 0.717) is 6.10 Å². The first-order valence-electron chi connectivity index (χ1n) is 5.73. The Kier molecular flexibility index (Phi) is 3.93. The Morgan fingerprint density at radius 2 is 2.62 bits per heavy atom. The second kappa shape index (κ2) is 5.43. The van der Waals surface area contributed by atoms with Gasteiger partial charge in [0, 0.05) is 26.4 Å². The maximum absolute atomic E-state index is 9.35. The Labute approximate surface area is 95.4 Å². The molecule has 5 nitrogen and oxygen atoms in total. The Balaban J connectivity index is 1.88. The van der Waals surface area contributed by atoms with Crippen molar-refractivity contribution in [3.8, 4) is 0 Å². The van der Waals surface area contributed by atoms with Crippen LogP contribution in [0.2, 0.25) is 0 Å². The van der Waals surface area contributed by atoms with Gasteiger partial charge in [0.1, 0.15) is 0 Å². The summed E-state index contributed by atoms with van der Waals surface area (Å²) in [5.74, 6) is 0. The van der Waals surface area contributed by atoms with E-state index in [1.807, 2.05) is 11.6 Å². The SMILES string of the molecule is Cn1cncc1C(CO)NCC1CCCO1. The number of imidazole rings is 1. The molecule has 1 aliphatic rings. The summed E-state index contributed by atoms with van der Waals surface area (Å²) >= 11 is 0. The van der Waals surface area contributed by atoms with Gasteiger partial charge in [0.25, 0.3) is 0 Å². The van der Waals surface area contributed by atoms with Crippen LogP contribution in [-0.4, -0.2) is 40.5 Å². The lowest BCUT2D eigenvalue weighted by atomic mass is 10.2. The summed E-state index contributed by atoms with van der Waals surface area (Å²) in [5, 5.41) is 12.7. The van der Waals surface area contributed by atoms with E-state index in [4.69, 9.17) is 4.74 Å². The molecule has 0 aromatic carbocycles. The fraction of sp³-hybridized carbons (Fsp3) is 0.727. The van der Waals surface area contributed by atoms with Gasteiger partial charge >= 0.3 is 0 Å². The first kappa shape index (κ1) is 11.6. The van der Waals surface area contributed by atoms with E-state index >= 15 is 0 Å². The summed E-state index contributed by atoms with van der Waals surface area (Å²) < 4.78 is 7.45. The quantitative estimate of drug-likeness (QED) is 0.752. The predicted octanol–water partition coefficient (Wildman–Crippen LogP) is 0.222. The Bertz CT molecular complexity index is 321. The number of nitrogens with zero attached hydrogens (tertiary/aromatic N) is 2. The first-order chi connectivity index (χ1) is 7.81. The van der Waals surface area contributed by atoms with Gasteiger partial charge in [0.2, 0.25) is 0 Å². The lowest BCUT2D eigenvalue weighted by molar-refractivity contribution is 0.103. The van der Waals surface area contributed by atoms with Crippen LogP contribution in [0.25, 0.3) is 0 Å². The van der Waals surface area contributed by atoms with Crippen molar-refractivity contribution in [3.05, 3.63) is 18.2 Å². The zero-order valence-corrected chi connectivity index (χ0v) is 9.59. The third-order valence-corrected chi connectivity index (χ3v) is 3.01. The average molecular weight is 225 g/mol. The lowest BCUT2D eigenvalue weighted by Gasteiger charge is -2.19. The molecule has 2 heterocycles. The summed E-state index contributed by atoms with van der Waals surface area (Å²) in [6.45, 7) is 1.73. The number of aliphatic hydroxyl groups is 1. The van der Waals surface area contributed by atoms with E-state index in [1.54, 1.807) is 12.5 Å². The summed E-state index contributed by atoms with van der Waals surface area (Å²) in [5.41, 5.74) is 1.00. The van der Waals surface area contributed by atoms with Crippen molar-refractivity contribution in [1.29, 1.82) is 0 Å². The van der Waals surface area contributed by atoms with Crippen molar-refractivity contribution in [2.75, 3.05) is 19.8 Å². The number of hydrogen-bond acceptors (Lipinski definition) is 4. The van der Waals surface area contributed by atoms with Crippen LogP contribution in [0.3, 0.4) is 0 Å². The topological polar surface area (TPSA) is 59.3 Å². The molecule has 16 heavy (non-hydrogen) atoms.